The topological polar surface area (TPSA) is 9.23 Å². The Balaban J connectivity index is 3.35. The van der Waals surface area contributed by atoms with Gasteiger partial charge in [0.2, 0.25) is 0 Å². The molecule has 0 radical (unpaired) electrons. The molecule has 0 spiro atoms. The lowest BCUT2D eigenvalue weighted by molar-refractivity contribution is -0.550. The molecular weight excluding hydrogens is 282 g/mol. The van der Waals surface area contributed by atoms with Gasteiger partial charge in [-0.1, -0.05) is 0 Å². The first-order valence-corrected chi connectivity index (χ1v) is 3.68. The fourth-order valence-electron chi connectivity index (χ4n) is 1.11. The third kappa shape index (κ3) is 1.25. The number of rotatable bonds is 0. The first-order valence-electron chi connectivity index (χ1n) is 3.30. The molecule has 96 valence electrons. The molecule has 1 nitrogen and oxygen atoms in total. The van der Waals surface area contributed by atoms with E-state index >= 15 is 0 Å². The van der Waals surface area contributed by atoms with Crippen molar-refractivity contribution in [2.75, 3.05) is 0 Å². The first kappa shape index (κ1) is 13.7. The molecule has 0 bridgehead atoms. The number of alkyl halides is 10. The van der Waals surface area contributed by atoms with Crippen molar-refractivity contribution in [1.29, 1.82) is 0 Å². The molecule has 0 N–H and O–H groups in total. The van der Waals surface area contributed by atoms with Gasteiger partial charge >= 0.3 is 29.2 Å². The van der Waals surface area contributed by atoms with E-state index in [2.05, 4.69) is 16.3 Å². The smallest absolute Gasteiger partial charge is 0.298 e. The van der Waals surface area contributed by atoms with Crippen LogP contribution in [0.15, 0.2) is 0 Å². The maximum Gasteiger partial charge on any atom is 0.433 e. The molecule has 1 saturated heterocycles. The van der Waals surface area contributed by atoms with Gasteiger partial charge < -0.3 is 0 Å². The summed E-state index contributed by atoms with van der Waals surface area (Å²) >= 11 is 4.05. The summed E-state index contributed by atoms with van der Waals surface area (Å²) in [4.78, 5) is 0. The van der Waals surface area contributed by atoms with Gasteiger partial charge in [-0.05, 0) is 11.6 Å². The first-order chi connectivity index (χ1) is 6.71. The average Bonchev–Trinajstić information content (AvgIpc) is 1.94. The quantitative estimate of drug-likeness (QED) is 0.489. The fraction of sp³-hybridized carbons (Fsp3) is 1.00. The van der Waals surface area contributed by atoms with E-state index in [1.165, 1.54) is 0 Å². The summed E-state index contributed by atoms with van der Waals surface area (Å²) < 4.78 is 112. The molecule has 0 aromatic rings. The molecule has 0 unspecified atom stereocenters. The van der Waals surface area contributed by atoms with Crippen LogP contribution in [-0.2, 0) is 4.74 Å². The lowest BCUT2D eigenvalue weighted by atomic mass is 9.87. The van der Waals surface area contributed by atoms with Crippen LogP contribution in [0.25, 0.3) is 0 Å². The van der Waals surface area contributed by atoms with Gasteiger partial charge in [0.15, 0.2) is 0 Å². The molecule has 0 saturated carbocycles. The minimum Gasteiger partial charge on any atom is -0.298 e. The molecule has 1 aliphatic heterocycles. The highest BCUT2D eigenvalue weighted by Gasteiger charge is 2.98. The largest absolute Gasteiger partial charge is 0.433 e. The zero-order valence-corrected chi connectivity index (χ0v) is 7.44. The van der Waals surface area contributed by atoms with Gasteiger partial charge in [0, 0.05) is 0 Å². The van der Waals surface area contributed by atoms with E-state index in [1.54, 1.807) is 0 Å². The Morgan fingerprint density at radius 1 is 0.812 bits per heavy atom. The molecule has 0 amide bonds. The summed E-state index contributed by atoms with van der Waals surface area (Å²) in [6, 6.07) is 0. The van der Waals surface area contributed by atoms with Gasteiger partial charge in [0.25, 0.3) is 0 Å². The Labute approximate surface area is 86.1 Å². The van der Waals surface area contributed by atoms with E-state index in [1.807, 2.05) is 0 Å². The maximum absolute atomic E-state index is 12.6. The summed E-state index contributed by atoms with van der Waals surface area (Å²) in [6.07, 6.45) is -13.1. The van der Waals surface area contributed by atoms with Gasteiger partial charge in [0.05, 0.1) is 0 Å². The summed E-state index contributed by atoms with van der Waals surface area (Å²) in [5.41, 5.74) is -5.91. The average molecular weight is 282 g/mol. The molecule has 0 aromatic heterocycles. The van der Waals surface area contributed by atoms with Gasteiger partial charge in [-0.15, -0.1) is 0 Å². The van der Waals surface area contributed by atoms with Crippen LogP contribution in [0.2, 0.25) is 0 Å². The summed E-state index contributed by atoms with van der Waals surface area (Å²) in [6.45, 7) is 0. The lowest BCUT2D eigenvalue weighted by Gasteiger charge is -2.54. The van der Waals surface area contributed by atoms with Crippen molar-refractivity contribution >= 4 is 11.6 Å². The van der Waals surface area contributed by atoms with Gasteiger partial charge in [0.1, 0.15) is 0 Å². The Bertz CT molecular complexity index is 288. The summed E-state index contributed by atoms with van der Waals surface area (Å²) in [7, 11) is 0. The van der Waals surface area contributed by atoms with E-state index in [0.29, 0.717) is 0 Å². The number of halogens is 10. The van der Waals surface area contributed by atoms with Gasteiger partial charge in [-0.2, -0.15) is 39.5 Å². The van der Waals surface area contributed by atoms with Gasteiger partial charge in [-0.3, -0.25) is 4.74 Å². The second kappa shape index (κ2) is 2.89. The van der Waals surface area contributed by atoms with Crippen LogP contribution in [0.5, 0.6) is 0 Å². The summed E-state index contributed by atoms with van der Waals surface area (Å²) in [5, 5.41) is -4.84. The lowest BCUT2D eigenvalue weighted by Crippen LogP contribution is -2.84. The molecule has 1 fully saturated rings. The molecule has 0 aromatic carbocycles. The zero-order chi connectivity index (χ0) is 13.2. The van der Waals surface area contributed by atoms with Crippen LogP contribution < -0.4 is 0 Å². The van der Waals surface area contributed by atoms with Crippen molar-refractivity contribution in [2.45, 2.75) is 29.2 Å². The molecule has 11 heteroatoms. The molecular formula is C5ClF9O. The van der Waals surface area contributed by atoms with Crippen LogP contribution >= 0.6 is 11.6 Å². The minimum atomic E-state index is -6.56. The number of hydrogen-bond donors (Lipinski definition) is 0. The maximum atomic E-state index is 12.6. The molecule has 1 heterocycles. The molecule has 1 aliphatic rings. The van der Waals surface area contributed by atoms with Crippen LogP contribution in [0.3, 0.4) is 0 Å². The van der Waals surface area contributed by atoms with E-state index in [9.17, 15) is 39.5 Å². The third-order valence-electron chi connectivity index (χ3n) is 1.89. The Morgan fingerprint density at radius 2 is 1.12 bits per heavy atom. The Hall–Kier alpha value is -0.380. The van der Waals surface area contributed by atoms with E-state index in [0.717, 1.165) is 0 Å². The monoisotopic (exact) mass is 282 g/mol. The molecule has 0 aliphatic carbocycles. The van der Waals surface area contributed by atoms with Crippen LogP contribution in [-0.4, -0.2) is 29.2 Å². The van der Waals surface area contributed by atoms with Crippen molar-refractivity contribution in [3.8, 4) is 0 Å². The predicted molar refractivity (Wildman–Crippen MR) is 30.6 cm³/mol. The van der Waals surface area contributed by atoms with Crippen LogP contribution in [0.1, 0.15) is 0 Å². The second-order valence-corrected chi connectivity index (χ2v) is 3.36. The Morgan fingerprint density at radius 3 is 1.19 bits per heavy atom. The molecule has 1 rings (SSSR count). The highest BCUT2D eigenvalue weighted by molar-refractivity contribution is 6.23. The van der Waals surface area contributed by atoms with Crippen molar-refractivity contribution in [1.82, 2.24) is 0 Å². The molecule has 16 heavy (non-hydrogen) atoms. The highest BCUT2D eigenvalue weighted by Crippen LogP contribution is 2.68. The van der Waals surface area contributed by atoms with Crippen molar-refractivity contribution in [3.05, 3.63) is 0 Å². The third-order valence-corrected chi connectivity index (χ3v) is 2.20. The van der Waals surface area contributed by atoms with E-state index in [4.69, 9.17) is 0 Å². The van der Waals surface area contributed by atoms with Crippen molar-refractivity contribution in [3.63, 3.8) is 0 Å². The second-order valence-electron chi connectivity index (χ2n) is 2.87. The highest BCUT2D eigenvalue weighted by atomic mass is 35.5. The van der Waals surface area contributed by atoms with Crippen molar-refractivity contribution in [2.24, 2.45) is 0 Å². The fourth-order valence-corrected chi connectivity index (χ4v) is 1.36. The standard InChI is InChI=1S/C5ClF9O/c6-3(9)2(7,8)1(16-3,4(10,11)12)5(13,14)15/t3-/m0/s1. The van der Waals surface area contributed by atoms with E-state index < -0.39 is 29.2 Å². The number of hydrogen-bond acceptors (Lipinski definition) is 1. The SMILES string of the molecule is FC(F)(F)C1(C(F)(F)F)O[C@](F)(Cl)C1(F)F. The van der Waals surface area contributed by atoms with Crippen LogP contribution in [0.4, 0.5) is 39.5 Å². The Kier molecular flexibility index (Phi) is 2.47. The minimum absolute atomic E-state index is 2.56. The number of ether oxygens (including phenoxy) is 1. The molecule has 1 atom stereocenters. The zero-order valence-electron chi connectivity index (χ0n) is 6.69. The van der Waals surface area contributed by atoms with Crippen LogP contribution in [0, 0.1) is 0 Å². The predicted octanol–water partition coefficient (Wildman–Crippen LogP) is 3.38. The van der Waals surface area contributed by atoms with Gasteiger partial charge in [-0.25, -0.2) is 0 Å². The normalized spacial score (nSPS) is 33.4. The van der Waals surface area contributed by atoms with Crippen molar-refractivity contribution < 1.29 is 44.3 Å². The summed E-state index contributed by atoms with van der Waals surface area (Å²) in [5.74, 6) is -5.97. The van der Waals surface area contributed by atoms with E-state index in [-0.39, 0.29) is 0 Å².